The van der Waals surface area contributed by atoms with Gasteiger partial charge in [-0.25, -0.2) is 15.0 Å². The minimum absolute atomic E-state index is 0.0135. The second-order valence-electron chi connectivity index (χ2n) is 8.33. The van der Waals surface area contributed by atoms with Crippen molar-refractivity contribution < 1.29 is 9.59 Å². The van der Waals surface area contributed by atoms with Gasteiger partial charge in [0, 0.05) is 30.7 Å². The number of pyridine rings is 1. The van der Waals surface area contributed by atoms with Crippen LogP contribution in [-0.2, 0) is 6.54 Å². The molecular weight excluding hydrogens is 474 g/mol. The largest absolute Gasteiger partial charge is 0.382 e. The Bertz CT molecular complexity index is 1600. The molecule has 0 bridgehead atoms. The van der Waals surface area contributed by atoms with Gasteiger partial charge in [0.15, 0.2) is 0 Å². The number of fused-ring (bicyclic) bond motifs is 2. The maximum absolute atomic E-state index is 12.9. The Morgan fingerprint density at radius 3 is 2.56 bits per heavy atom. The molecule has 3 heterocycles. The first-order valence-corrected chi connectivity index (χ1v) is 12.0. The van der Waals surface area contributed by atoms with Gasteiger partial charge in [0.1, 0.15) is 11.6 Å². The molecule has 0 fully saturated rings. The van der Waals surface area contributed by atoms with Crippen LogP contribution < -0.4 is 16.4 Å². The predicted octanol–water partition coefficient (Wildman–Crippen LogP) is 4.39. The molecule has 5 aromatic rings. The lowest BCUT2D eigenvalue weighted by atomic mass is 10.1. The van der Waals surface area contributed by atoms with Crippen molar-refractivity contribution in [3.05, 3.63) is 83.1 Å². The third-order valence-electron chi connectivity index (χ3n) is 5.59. The fourth-order valence-corrected chi connectivity index (χ4v) is 4.54. The Morgan fingerprint density at radius 1 is 1.00 bits per heavy atom. The second-order valence-corrected chi connectivity index (χ2v) is 9.24. The minimum atomic E-state index is -0.488. The summed E-state index contributed by atoms with van der Waals surface area (Å²) >= 11 is 1.43. The van der Waals surface area contributed by atoms with Gasteiger partial charge in [-0.1, -0.05) is 24.3 Å². The maximum Gasteiger partial charge on any atom is 0.294 e. The van der Waals surface area contributed by atoms with Crippen LogP contribution >= 0.6 is 11.3 Å². The summed E-state index contributed by atoms with van der Waals surface area (Å²) in [6.45, 7) is 0.412. The summed E-state index contributed by atoms with van der Waals surface area (Å²) in [5.41, 5.74) is 8.85. The normalized spacial score (nSPS) is 10.9. The summed E-state index contributed by atoms with van der Waals surface area (Å²) in [7, 11) is 3.44. The van der Waals surface area contributed by atoms with Crippen LogP contribution in [0.1, 0.15) is 26.7 Å². The Hall–Kier alpha value is -4.57. The number of hydrogen-bond acceptors (Lipinski definition) is 8. The molecule has 0 radical (unpaired) electrons. The quantitative estimate of drug-likeness (QED) is 0.318. The number of benzene rings is 2. The third-order valence-corrected chi connectivity index (χ3v) is 6.52. The number of rotatable bonds is 6. The number of aromatic nitrogens is 3. The van der Waals surface area contributed by atoms with Crippen LogP contribution in [0.2, 0.25) is 0 Å². The van der Waals surface area contributed by atoms with Gasteiger partial charge >= 0.3 is 0 Å². The highest BCUT2D eigenvalue weighted by atomic mass is 32.1. The molecule has 0 saturated heterocycles. The molecule has 2 aromatic carbocycles. The molecule has 0 atom stereocenters. The lowest BCUT2D eigenvalue weighted by Gasteiger charge is -2.13. The second kappa shape index (κ2) is 9.59. The first-order valence-electron chi connectivity index (χ1n) is 11.2. The average molecular weight is 498 g/mol. The Kier molecular flexibility index (Phi) is 6.17. The summed E-state index contributed by atoms with van der Waals surface area (Å²) in [5, 5.41) is 9.90. The molecule has 0 aliphatic rings. The molecule has 9 nitrogen and oxygen atoms in total. The van der Waals surface area contributed by atoms with E-state index in [1.54, 1.807) is 32.3 Å². The lowest BCUT2D eigenvalue weighted by Crippen LogP contribution is -2.21. The first kappa shape index (κ1) is 23.2. The van der Waals surface area contributed by atoms with Crippen molar-refractivity contribution in [3.8, 4) is 0 Å². The molecule has 2 amide bonds. The maximum atomic E-state index is 12.9. The smallest absolute Gasteiger partial charge is 0.294 e. The average Bonchev–Trinajstić information content (AvgIpc) is 3.36. The summed E-state index contributed by atoms with van der Waals surface area (Å²) < 4.78 is 0.753. The van der Waals surface area contributed by atoms with Crippen LogP contribution in [0.15, 0.2) is 66.0 Å². The zero-order valence-electron chi connectivity index (χ0n) is 19.6. The number of hydrogen-bond donors (Lipinski definition) is 3. The number of nitrogens with two attached hydrogens (primary N) is 1. The van der Waals surface area contributed by atoms with Crippen molar-refractivity contribution in [2.75, 3.05) is 30.5 Å². The molecule has 4 N–H and O–H groups in total. The molecule has 0 saturated carbocycles. The number of carbonyl (C=O) groups is 2. The van der Waals surface area contributed by atoms with E-state index in [9.17, 15) is 9.59 Å². The van der Waals surface area contributed by atoms with Gasteiger partial charge in [0.25, 0.3) is 11.8 Å². The summed E-state index contributed by atoms with van der Waals surface area (Å²) in [6.07, 6.45) is 0. The van der Waals surface area contributed by atoms with Gasteiger partial charge < -0.3 is 21.3 Å². The standard InChI is InChI=1S/C26H23N7O2S/c1-33(2)26(35)15-7-9-17(10-8-15)28-14-20-18-6-4-3-5-16(18)13-21(29-20)31-25(34)24-30-19-11-12-36-22(19)23(27)32-24/h3-13,28H,14H2,1-2H3,(H2,27,30,32)(H,29,31,34). The molecule has 5 rings (SSSR count). The highest BCUT2D eigenvalue weighted by Crippen LogP contribution is 2.25. The van der Waals surface area contributed by atoms with Crippen LogP contribution in [0.5, 0.6) is 0 Å². The molecular formula is C26H23N7O2S. The lowest BCUT2D eigenvalue weighted by molar-refractivity contribution is 0.0827. The SMILES string of the molecule is CN(C)C(=O)c1ccc(NCc2nc(NC(=O)c3nc(N)c4sccc4n3)cc3ccccc23)cc1. The molecule has 180 valence electrons. The van der Waals surface area contributed by atoms with Crippen LogP contribution in [0.25, 0.3) is 21.0 Å². The van der Waals surface area contributed by atoms with Crippen molar-refractivity contribution >= 4 is 61.5 Å². The fourth-order valence-electron chi connectivity index (χ4n) is 3.80. The van der Waals surface area contributed by atoms with E-state index in [0.29, 0.717) is 23.4 Å². The van der Waals surface area contributed by atoms with Gasteiger partial charge in [-0.3, -0.25) is 9.59 Å². The molecule has 36 heavy (non-hydrogen) atoms. The molecule has 3 aromatic heterocycles. The van der Waals surface area contributed by atoms with Crippen LogP contribution in [0.4, 0.5) is 17.3 Å². The number of anilines is 3. The number of nitrogen functional groups attached to an aromatic ring is 1. The molecule has 10 heteroatoms. The van der Waals surface area contributed by atoms with E-state index < -0.39 is 5.91 Å². The molecule has 0 unspecified atom stereocenters. The summed E-state index contributed by atoms with van der Waals surface area (Å²) in [6, 6.07) is 18.7. The van der Waals surface area contributed by atoms with Crippen LogP contribution in [0.3, 0.4) is 0 Å². The van der Waals surface area contributed by atoms with E-state index in [0.717, 1.165) is 26.9 Å². The molecule has 0 spiro atoms. The highest BCUT2D eigenvalue weighted by molar-refractivity contribution is 7.17. The van der Waals surface area contributed by atoms with E-state index in [2.05, 4.69) is 25.6 Å². The minimum Gasteiger partial charge on any atom is -0.382 e. The zero-order chi connectivity index (χ0) is 25.2. The van der Waals surface area contributed by atoms with Crippen LogP contribution in [0, 0.1) is 0 Å². The molecule has 0 aliphatic heterocycles. The van der Waals surface area contributed by atoms with Crippen molar-refractivity contribution in [1.29, 1.82) is 0 Å². The van der Waals surface area contributed by atoms with E-state index in [4.69, 9.17) is 5.73 Å². The van der Waals surface area contributed by atoms with E-state index in [1.165, 1.54) is 16.2 Å². The van der Waals surface area contributed by atoms with Crippen LogP contribution in [-0.4, -0.2) is 45.8 Å². The van der Waals surface area contributed by atoms with Gasteiger partial charge in [0.05, 0.1) is 22.5 Å². The van der Waals surface area contributed by atoms with Gasteiger partial charge in [-0.15, -0.1) is 11.3 Å². The van der Waals surface area contributed by atoms with E-state index >= 15 is 0 Å². The van der Waals surface area contributed by atoms with Crippen molar-refractivity contribution in [2.45, 2.75) is 6.54 Å². The first-order chi connectivity index (χ1) is 17.4. The number of amides is 2. The van der Waals surface area contributed by atoms with Gasteiger partial charge in [0.2, 0.25) is 5.82 Å². The highest BCUT2D eigenvalue weighted by Gasteiger charge is 2.16. The number of thiophene rings is 1. The van der Waals surface area contributed by atoms with Crippen molar-refractivity contribution in [3.63, 3.8) is 0 Å². The number of carbonyl (C=O) groups excluding carboxylic acids is 2. The van der Waals surface area contributed by atoms with Crippen molar-refractivity contribution in [1.82, 2.24) is 19.9 Å². The van der Waals surface area contributed by atoms with Gasteiger partial charge in [-0.2, -0.15) is 0 Å². The third kappa shape index (κ3) is 4.66. The fraction of sp³-hybridized carbons (Fsp3) is 0.115. The summed E-state index contributed by atoms with van der Waals surface area (Å²) in [5.74, 6) is 0.101. The van der Waals surface area contributed by atoms with E-state index in [1.807, 2.05) is 47.8 Å². The Morgan fingerprint density at radius 2 is 1.78 bits per heavy atom. The summed E-state index contributed by atoms with van der Waals surface area (Å²) in [4.78, 5) is 39.7. The topological polar surface area (TPSA) is 126 Å². The van der Waals surface area contributed by atoms with E-state index in [-0.39, 0.29) is 17.5 Å². The monoisotopic (exact) mass is 497 g/mol. The Labute approximate surface area is 211 Å². The number of nitrogens with one attached hydrogen (secondary N) is 2. The predicted molar refractivity (Wildman–Crippen MR) is 143 cm³/mol. The van der Waals surface area contributed by atoms with Crippen molar-refractivity contribution in [2.24, 2.45) is 0 Å². The molecule has 0 aliphatic carbocycles. The zero-order valence-corrected chi connectivity index (χ0v) is 20.5. The van der Waals surface area contributed by atoms with Gasteiger partial charge in [-0.05, 0) is 47.2 Å². The Balaban J connectivity index is 1.38. The number of nitrogens with zero attached hydrogens (tertiary/aromatic N) is 4.